The highest BCUT2D eigenvalue weighted by molar-refractivity contribution is 5.37. The van der Waals surface area contributed by atoms with Gasteiger partial charge in [0, 0.05) is 32.9 Å². The Morgan fingerprint density at radius 3 is 3.18 bits per heavy atom. The molecule has 1 aliphatic rings. The summed E-state index contributed by atoms with van der Waals surface area (Å²) >= 11 is 0. The van der Waals surface area contributed by atoms with Crippen LogP contribution in [0.1, 0.15) is 18.5 Å². The fourth-order valence-corrected chi connectivity index (χ4v) is 2.15. The smallest absolute Gasteiger partial charge is 0.147 e. The van der Waals surface area contributed by atoms with Gasteiger partial charge >= 0.3 is 0 Å². The lowest BCUT2D eigenvalue weighted by Gasteiger charge is -2.32. The summed E-state index contributed by atoms with van der Waals surface area (Å²) in [7, 11) is 3.69. The Bertz CT molecular complexity index is 358. The van der Waals surface area contributed by atoms with Gasteiger partial charge in [-0.1, -0.05) is 0 Å². The van der Waals surface area contributed by atoms with Gasteiger partial charge in [0.2, 0.25) is 0 Å². The number of hydrogen-bond acceptors (Lipinski definition) is 5. The van der Waals surface area contributed by atoms with E-state index in [1.807, 2.05) is 13.2 Å². The summed E-state index contributed by atoms with van der Waals surface area (Å²) in [5.74, 6) is 0.958. The van der Waals surface area contributed by atoms with Crippen molar-refractivity contribution >= 4 is 5.82 Å². The number of rotatable bonds is 4. The number of nitrogens with one attached hydrogen (secondary N) is 1. The maximum Gasteiger partial charge on any atom is 0.147 e. The normalized spacial score (nSPS) is 20.6. The molecule has 0 bridgehead atoms. The first-order valence-corrected chi connectivity index (χ1v) is 6.06. The second kappa shape index (κ2) is 5.93. The average molecular weight is 236 g/mol. The zero-order chi connectivity index (χ0) is 12.1. The van der Waals surface area contributed by atoms with Crippen molar-refractivity contribution in [2.75, 3.05) is 32.1 Å². The Labute approximate surface area is 102 Å². The fraction of sp³-hybridized carbons (Fsp3) is 0.667. The number of anilines is 1. The van der Waals surface area contributed by atoms with Gasteiger partial charge in [-0.2, -0.15) is 0 Å². The van der Waals surface area contributed by atoms with Gasteiger partial charge in [0.05, 0.1) is 18.0 Å². The Kier molecular flexibility index (Phi) is 4.28. The first kappa shape index (κ1) is 12.3. The van der Waals surface area contributed by atoms with Crippen LogP contribution >= 0.6 is 0 Å². The molecular formula is C12H20N4O. The van der Waals surface area contributed by atoms with Crippen molar-refractivity contribution in [3.63, 3.8) is 0 Å². The Morgan fingerprint density at radius 1 is 1.53 bits per heavy atom. The molecule has 0 aromatic carbocycles. The fourth-order valence-electron chi connectivity index (χ4n) is 2.15. The van der Waals surface area contributed by atoms with Crippen LogP contribution in [0.5, 0.6) is 0 Å². The van der Waals surface area contributed by atoms with Crippen LogP contribution in [0.4, 0.5) is 5.82 Å². The third-order valence-corrected chi connectivity index (χ3v) is 3.07. The molecule has 0 amide bonds. The quantitative estimate of drug-likeness (QED) is 0.838. The zero-order valence-corrected chi connectivity index (χ0v) is 10.5. The molecule has 5 heteroatoms. The van der Waals surface area contributed by atoms with Gasteiger partial charge in [0.25, 0.3) is 0 Å². The predicted molar refractivity (Wildman–Crippen MR) is 67.0 cm³/mol. The molecule has 1 atom stereocenters. The molecule has 1 saturated heterocycles. The first-order chi connectivity index (χ1) is 8.33. The molecule has 1 N–H and O–H groups in total. The summed E-state index contributed by atoms with van der Waals surface area (Å²) in [6, 6.07) is 0. The molecule has 1 unspecified atom stereocenters. The molecule has 0 saturated carbocycles. The summed E-state index contributed by atoms with van der Waals surface area (Å²) in [4.78, 5) is 11.1. The van der Waals surface area contributed by atoms with Gasteiger partial charge in [0.15, 0.2) is 0 Å². The Morgan fingerprint density at radius 2 is 2.41 bits per heavy atom. The predicted octanol–water partition coefficient (Wildman–Crippen LogP) is 0.811. The highest BCUT2D eigenvalue weighted by atomic mass is 16.5. The molecule has 2 rings (SSSR count). The van der Waals surface area contributed by atoms with Crippen molar-refractivity contribution in [3.8, 4) is 0 Å². The monoisotopic (exact) mass is 236 g/mol. The zero-order valence-electron chi connectivity index (χ0n) is 10.5. The molecule has 0 aliphatic carbocycles. The second-order valence-electron chi connectivity index (χ2n) is 4.34. The SMILES string of the molecule is CNCc1cncc(N2CCCC(OC)C2)n1. The maximum atomic E-state index is 5.42. The standard InChI is InChI=1S/C12H20N4O/c1-13-6-10-7-14-8-12(15-10)16-5-3-4-11(9-16)17-2/h7-8,11,13H,3-6,9H2,1-2H3. The van der Waals surface area contributed by atoms with Crippen LogP contribution in [0.2, 0.25) is 0 Å². The lowest BCUT2D eigenvalue weighted by atomic mass is 10.1. The summed E-state index contributed by atoms with van der Waals surface area (Å²) in [5.41, 5.74) is 0.976. The highest BCUT2D eigenvalue weighted by Gasteiger charge is 2.20. The number of aromatic nitrogens is 2. The van der Waals surface area contributed by atoms with Crippen LogP contribution in [-0.4, -0.2) is 43.3 Å². The number of nitrogens with zero attached hydrogens (tertiary/aromatic N) is 3. The van der Waals surface area contributed by atoms with Crippen molar-refractivity contribution in [1.82, 2.24) is 15.3 Å². The van der Waals surface area contributed by atoms with Gasteiger partial charge in [-0.3, -0.25) is 4.98 Å². The number of piperidine rings is 1. The van der Waals surface area contributed by atoms with Crippen LogP contribution in [0.15, 0.2) is 12.4 Å². The molecule has 1 fully saturated rings. The van der Waals surface area contributed by atoms with E-state index in [0.29, 0.717) is 6.10 Å². The second-order valence-corrected chi connectivity index (χ2v) is 4.34. The van der Waals surface area contributed by atoms with Crippen molar-refractivity contribution < 1.29 is 4.74 Å². The molecule has 1 aliphatic heterocycles. The molecular weight excluding hydrogens is 216 g/mol. The summed E-state index contributed by atoms with van der Waals surface area (Å²) < 4.78 is 5.42. The van der Waals surface area contributed by atoms with Crippen LogP contribution < -0.4 is 10.2 Å². The molecule has 1 aromatic rings. The van der Waals surface area contributed by atoms with Crippen LogP contribution in [0, 0.1) is 0 Å². The van der Waals surface area contributed by atoms with Crippen molar-refractivity contribution in [2.24, 2.45) is 0 Å². The lowest BCUT2D eigenvalue weighted by molar-refractivity contribution is 0.0891. The third-order valence-electron chi connectivity index (χ3n) is 3.07. The van der Waals surface area contributed by atoms with E-state index in [9.17, 15) is 0 Å². The average Bonchev–Trinajstić information content (AvgIpc) is 2.40. The van der Waals surface area contributed by atoms with E-state index < -0.39 is 0 Å². The minimum Gasteiger partial charge on any atom is -0.380 e. The third kappa shape index (κ3) is 3.14. The number of ether oxygens (including phenoxy) is 1. The van der Waals surface area contributed by atoms with Crippen LogP contribution in [-0.2, 0) is 11.3 Å². The van der Waals surface area contributed by atoms with Gasteiger partial charge in [-0.15, -0.1) is 0 Å². The van der Waals surface area contributed by atoms with Crippen molar-refractivity contribution in [2.45, 2.75) is 25.5 Å². The van der Waals surface area contributed by atoms with Gasteiger partial charge in [0.1, 0.15) is 5.82 Å². The molecule has 0 spiro atoms. The van der Waals surface area contributed by atoms with E-state index in [2.05, 4.69) is 20.2 Å². The topological polar surface area (TPSA) is 50.3 Å². The van der Waals surface area contributed by atoms with Crippen molar-refractivity contribution in [1.29, 1.82) is 0 Å². The summed E-state index contributed by atoms with van der Waals surface area (Å²) in [6.45, 7) is 2.70. The number of methoxy groups -OCH3 is 1. The summed E-state index contributed by atoms with van der Waals surface area (Å²) in [6.07, 6.45) is 6.24. The molecule has 94 valence electrons. The highest BCUT2D eigenvalue weighted by Crippen LogP contribution is 2.18. The van der Waals surface area contributed by atoms with E-state index in [4.69, 9.17) is 4.74 Å². The van der Waals surface area contributed by atoms with E-state index in [0.717, 1.165) is 44.0 Å². The largest absolute Gasteiger partial charge is 0.380 e. The molecule has 5 nitrogen and oxygen atoms in total. The Hall–Kier alpha value is -1.20. The molecule has 1 aromatic heterocycles. The maximum absolute atomic E-state index is 5.42. The van der Waals surface area contributed by atoms with Gasteiger partial charge in [-0.25, -0.2) is 4.98 Å². The lowest BCUT2D eigenvalue weighted by Crippen LogP contribution is -2.39. The number of hydrogen-bond donors (Lipinski definition) is 1. The minimum atomic E-state index is 0.318. The molecule has 0 radical (unpaired) electrons. The minimum absolute atomic E-state index is 0.318. The first-order valence-electron chi connectivity index (χ1n) is 6.06. The van der Waals surface area contributed by atoms with Crippen LogP contribution in [0.25, 0.3) is 0 Å². The van der Waals surface area contributed by atoms with Gasteiger partial charge in [-0.05, 0) is 19.9 Å². The van der Waals surface area contributed by atoms with Gasteiger partial charge < -0.3 is 15.0 Å². The molecule has 17 heavy (non-hydrogen) atoms. The van der Waals surface area contributed by atoms with E-state index >= 15 is 0 Å². The van der Waals surface area contributed by atoms with E-state index in [-0.39, 0.29) is 0 Å². The molecule has 2 heterocycles. The van der Waals surface area contributed by atoms with Crippen LogP contribution in [0.3, 0.4) is 0 Å². The van der Waals surface area contributed by atoms with Crippen molar-refractivity contribution in [3.05, 3.63) is 18.1 Å². The summed E-state index contributed by atoms with van der Waals surface area (Å²) in [5, 5.41) is 3.09. The van der Waals surface area contributed by atoms with E-state index in [1.165, 1.54) is 0 Å². The van der Waals surface area contributed by atoms with E-state index in [1.54, 1.807) is 13.3 Å². The Balaban J connectivity index is 2.07.